The van der Waals surface area contributed by atoms with Crippen molar-refractivity contribution >= 4 is 33.3 Å². The van der Waals surface area contributed by atoms with Gasteiger partial charge in [0.15, 0.2) is 0 Å². The monoisotopic (exact) mass is 408 g/mol. The summed E-state index contributed by atoms with van der Waals surface area (Å²) >= 11 is 1.75. The molecule has 1 atom stereocenters. The highest BCUT2D eigenvalue weighted by Crippen LogP contribution is 2.33. The molecule has 0 saturated carbocycles. The summed E-state index contributed by atoms with van der Waals surface area (Å²) < 4.78 is 0. The molecule has 3 heterocycles. The Morgan fingerprint density at radius 3 is 2.72 bits per heavy atom. The van der Waals surface area contributed by atoms with E-state index in [0.717, 1.165) is 47.7 Å². The van der Waals surface area contributed by atoms with Crippen molar-refractivity contribution in [1.29, 1.82) is 0 Å². The number of nitrogens with zero attached hydrogens (tertiary/aromatic N) is 4. The Hall–Kier alpha value is -2.47. The molecule has 1 aliphatic rings. The van der Waals surface area contributed by atoms with Gasteiger partial charge in [-0.2, -0.15) is 0 Å². The average molecular weight is 409 g/mol. The molecule has 1 unspecified atom stereocenters. The van der Waals surface area contributed by atoms with Crippen LogP contribution in [0.1, 0.15) is 31.2 Å². The third kappa shape index (κ3) is 4.13. The maximum Gasteiger partial charge on any atom is 0.227 e. The van der Waals surface area contributed by atoms with Gasteiger partial charge in [-0.25, -0.2) is 9.97 Å². The van der Waals surface area contributed by atoms with Crippen molar-refractivity contribution in [3.8, 4) is 0 Å². The Kier molecular flexibility index (Phi) is 5.81. The largest absolute Gasteiger partial charge is 0.349 e. The molecule has 0 spiro atoms. The molecule has 1 aliphatic heterocycles. The van der Waals surface area contributed by atoms with E-state index in [2.05, 4.69) is 41.7 Å². The molecule has 1 fully saturated rings. The summed E-state index contributed by atoms with van der Waals surface area (Å²) in [7, 11) is 0. The first-order chi connectivity index (χ1) is 14.1. The third-order valence-electron chi connectivity index (χ3n) is 5.72. The minimum absolute atomic E-state index is 0.207. The van der Waals surface area contributed by atoms with Crippen molar-refractivity contribution in [2.75, 3.05) is 24.5 Å². The van der Waals surface area contributed by atoms with Crippen LogP contribution in [0.15, 0.2) is 42.7 Å². The molecule has 0 N–H and O–H groups in total. The van der Waals surface area contributed by atoms with E-state index in [1.54, 1.807) is 17.7 Å². The molecule has 152 valence electrons. The van der Waals surface area contributed by atoms with Crippen LogP contribution in [0.25, 0.3) is 10.2 Å². The van der Waals surface area contributed by atoms with Crippen LogP contribution in [-0.4, -0.2) is 46.5 Å². The zero-order valence-corrected chi connectivity index (χ0v) is 18.2. The number of carbonyl (C=O) groups is 1. The lowest BCUT2D eigenvalue weighted by molar-refractivity contribution is -0.131. The fraction of sp³-hybridized carbons (Fsp3) is 0.435. The second-order valence-corrected chi connectivity index (χ2v) is 9.10. The summed E-state index contributed by atoms with van der Waals surface area (Å²) in [6.45, 7) is 8.89. The quantitative estimate of drug-likeness (QED) is 0.636. The number of rotatable bonds is 5. The highest BCUT2D eigenvalue weighted by molar-refractivity contribution is 7.18. The molecule has 6 heteroatoms. The SMILES string of the molecule is CCc1cc2c(N3CCN(C(=O)Cc4ccccc4)CC3C(C)C)ncnc2s1. The van der Waals surface area contributed by atoms with Gasteiger partial charge in [0.25, 0.3) is 0 Å². The van der Waals surface area contributed by atoms with E-state index in [-0.39, 0.29) is 11.9 Å². The second-order valence-electron chi connectivity index (χ2n) is 7.99. The standard InChI is InChI=1S/C23H28N4OS/c1-4-18-13-19-22(24-15-25-23(19)29-18)27-11-10-26(14-20(27)16(2)3)21(28)12-17-8-6-5-7-9-17/h5-9,13,15-16,20H,4,10-12,14H2,1-3H3. The van der Waals surface area contributed by atoms with E-state index in [0.29, 0.717) is 12.3 Å². The van der Waals surface area contributed by atoms with Gasteiger partial charge in [0.1, 0.15) is 17.0 Å². The fourth-order valence-corrected chi connectivity index (χ4v) is 4.98. The number of hydrogen-bond donors (Lipinski definition) is 0. The highest BCUT2D eigenvalue weighted by Gasteiger charge is 2.33. The van der Waals surface area contributed by atoms with Gasteiger partial charge in [-0.15, -0.1) is 11.3 Å². The zero-order chi connectivity index (χ0) is 20.4. The Bertz CT molecular complexity index is 985. The molecule has 2 aromatic heterocycles. The number of benzene rings is 1. The van der Waals surface area contributed by atoms with Crippen LogP contribution in [0.4, 0.5) is 5.82 Å². The first kappa shape index (κ1) is 19.8. The first-order valence-electron chi connectivity index (χ1n) is 10.4. The summed E-state index contributed by atoms with van der Waals surface area (Å²) in [4.78, 5) is 28.9. The van der Waals surface area contributed by atoms with Crippen LogP contribution in [-0.2, 0) is 17.6 Å². The van der Waals surface area contributed by atoms with Crippen molar-refractivity contribution in [3.05, 3.63) is 53.2 Å². The van der Waals surface area contributed by atoms with Gasteiger partial charge in [-0.1, -0.05) is 51.1 Å². The van der Waals surface area contributed by atoms with E-state index in [9.17, 15) is 4.79 Å². The zero-order valence-electron chi connectivity index (χ0n) is 17.3. The average Bonchev–Trinajstić information content (AvgIpc) is 3.17. The molecule has 1 saturated heterocycles. The van der Waals surface area contributed by atoms with E-state index >= 15 is 0 Å². The maximum atomic E-state index is 12.9. The van der Waals surface area contributed by atoms with Gasteiger partial charge in [0, 0.05) is 24.5 Å². The number of amides is 1. The molecular formula is C23H28N4OS. The van der Waals surface area contributed by atoms with Crippen molar-refractivity contribution in [2.45, 2.75) is 39.7 Å². The van der Waals surface area contributed by atoms with Gasteiger partial charge < -0.3 is 9.80 Å². The lowest BCUT2D eigenvalue weighted by atomic mass is 9.98. The number of hydrogen-bond acceptors (Lipinski definition) is 5. The second kappa shape index (κ2) is 8.49. The maximum absolute atomic E-state index is 12.9. The first-order valence-corrected chi connectivity index (χ1v) is 11.2. The summed E-state index contributed by atoms with van der Waals surface area (Å²) in [6, 6.07) is 12.5. The minimum Gasteiger partial charge on any atom is -0.349 e. The van der Waals surface area contributed by atoms with Crippen LogP contribution >= 0.6 is 11.3 Å². The van der Waals surface area contributed by atoms with Crippen LogP contribution in [0.2, 0.25) is 0 Å². The predicted octanol–water partition coefficient (Wildman–Crippen LogP) is 4.17. The van der Waals surface area contributed by atoms with Gasteiger partial charge >= 0.3 is 0 Å². The molecular weight excluding hydrogens is 380 g/mol. The van der Waals surface area contributed by atoms with E-state index in [1.165, 1.54) is 4.88 Å². The molecule has 0 radical (unpaired) electrons. The Morgan fingerprint density at radius 1 is 1.21 bits per heavy atom. The van der Waals surface area contributed by atoms with E-state index in [1.807, 2.05) is 35.2 Å². The molecule has 1 amide bonds. The number of aromatic nitrogens is 2. The predicted molar refractivity (Wildman–Crippen MR) is 119 cm³/mol. The normalized spacial score (nSPS) is 17.3. The number of fused-ring (bicyclic) bond motifs is 1. The fourth-order valence-electron chi connectivity index (χ4n) is 4.05. The minimum atomic E-state index is 0.207. The van der Waals surface area contributed by atoms with Crippen LogP contribution in [0, 0.1) is 5.92 Å². The van der Waals surface area contributed by atoms with Crippen molar-refractivity contribution in [2.24, 2.45) is 5.92 Å². The number of thiophene rings is 1. The van der Waals surface area contributed by atoms with E-state index < -0.39 is 0 Å². The third-order valence-corrected chi connectivity index (χ3v) is 6.91. The van der Waals surface area contributed by atoms with Gasteiger partial charge in [-0.05, 0) is 24.0 Å². The molecule has 5 nitrogen and oxygen atoms in total. The number of aryl methyl sites for hydroxylation is 1. The van der Waals surface area contributed by atoms with Crippen molar-refractivity contribution in [3.63, 3.8) is 0 Å². The molecule has 1 aromatic carbocycles. The topological polar surface area (TPSA) is 49.3 Å². The number of carbonyl (C=O) groups excluding carboxylic acids is 1. The summed E-state index contributed by atoms with van der Waals surface area (Å²) in [5, 5.41) is 1.14. The summed E-state index contributed by atoms with van der Waals surface area (Å²) in [5.41, 5.74) is 1.07. The molecule has 0 bridgehead atoms. The van der Waals surface area contributed by atoms with Crippen LogP contribution < -0.4 is 4.90 Å². The van der Waals surface area contributed by atoms with Gasteiger partial charge in [0.2, 0.25) is 5.91 Å². The molecule has 3 aromatic rings. The van der Waals surface area contributed by atoms with Crippen molar-refractivity contribution in [1.82, 2.24) is 14.9 Å². The number of piperazine rings is 1. The van der Waals surface area contributed by atoms with E-state index in [4.69, 9.17) is 0 Å². The highest BCUT2D eigenvalue weighted by atomic mass is 32.1. The smallest absolute Gasteiger partial charge is 0.227 e. The Balaban J connectivity index is 1.56. The van der Waals surface area contributed by atoms with Crippen LogP contribution in [0.5, 0.6) is 0 Å². The molecule has 29 heavy (non-hydrogen) atoms. The van der Waals surface area contributed by atoms with Gasteiger partial charge in [0.05, 0.1) is 17.8 Å². The molecule has 4 rings (SSSR count). The molecule has 0 aliphatic carbocycles. The summed E-state index contributed by atoms with van der Waals surface area (Å²) in [5.74, 6) is 1.63. The lowest BCUT2D eigenvalue weighted by Gasteiger charge is -2.44. The van der Waals surface area contributed by atoms with Crippen LogP contribution in [0.3, 0.4) is 0 Å². The summed E-state index contributed by atoms with van der Waals surface area (Å²) in [6.07, 6.45) is 3.15. The van der Waals surface area contributed by atoms with Crippen molar-refractivity contribution < 1.29 is 4.79 Å². The van der Waals surface area contributed by atoms with Gasteiger partial charge in [-0.3, -0.25) is 4.79 Å². The Labute approximate surface area is 176 Å². The Morgan fingerprint density at radius 2 is 2.00 bits per heavy atom. The lowest BCUT2D eigenvalue weighted by Crippen LogP contribution is -2.57. The number of anilines is 1.